The summed E-state index contributed by atoms with van der Waals surface area (Å²) < 4.78 is 0. The monoisotopic (exact) mass is 517 g/mol. The van der Waals surface area contributed by atoms with E-state index in [2.05, 4.69) is 57.9 Å². The van der Waals surface area contributed by atoms with Crippen LogP contribution in [0.4, 0.5) is 0 Å². The number of nitrogens with zero attached hydrogens (tertiary/aromatic N) is 2. The Kier molecular flexibility index (Phi) is 7.83. The molecule has 0 aliphatic heterocycles. The second-order valence-electron chi connectivity index (χ2n) is 9.93. The van der Waals surface area contributed by atoms with Crippen LogP contribution in [0.25, 0.3) is 33.4 Å². The summed E-state index contributed by atoms with van der Waals surface area (Å²) in [5.41, 5.74) is 7.44. The van der Waals surface area contributed by atoms with Crippen molar-refractivity contribution in [2.45, 2.75) is 32.6 Å². The van der Waals surface area contributed by atoms with Crippen LogP contribution in [0.1, 0.15) is 30.4 Å². The lowest BCUT2D eigenvalue weighted by Crippen LogP contribution is -2.35. The van der Waals surface area contributed by atoms with Gasteiger partial charge in [-0.25, -0.2) is 4.98 Å². The van der Waals surface area contributed by atoms with Gasteiger partial charge >= 0.3 is 0 Å². The third-order valence-corrected chi connectivity index (χ3v) is 6.93. The maximum absolute atomic E-state index is 12.7. The molecule has 2 heterocycles. The van der Waals surface area contributed by atoms with Gasteiger partial charge in [0, 0.05) is 36.7 Å². The molecule has 7 nitrogen and oxygen atoms in total. The summed E-state index contributed by atoms with van der Waals surface area (Å²) in [6.07, 6.45) is 6.38. The molecule has 0 atom stereocenters. The Morgan fingerprint density at radius 3 is 2.62 bits per heavy atom. The summed E-state index contributed by atoms with van der Waals surface area (Å²) in [4.78, 5) is 33.0. The van der Waals surface area contributed by atoms with E-state index in [0.29, 0.717) is 25.3 Å². The summed E-state index contributed by atoms with van der Waals surface area (Å²) in [6, 6.07) is 22.6. The molecule has 1 aliphatic carbocycles. The number of aromatic nitrogens is 2. The number of nitrogens with one attached hydrogen (secondary N) is 3. The average molecular weight is 518 g/mol. The first-order chi connectivity index (χ1) is 19.0. The van der Waals surface area contributed by atoms with E-state index in [-0.39, 0.29) is 23.9 Å². The van der Waals surface area contributed by atoms with Gasteiger partial charge in [0.2, 0.25) is 5.91 Å². The largest absolute Gasteiger partial charge is 0.354 e. The van der Waals surface area contributed by atoms with Gasteiger partial charge in [0.05, 0.1) is 5.69 Å². The first kappa shape index (κ1) is 25.9. The lowest BCUT2D eigenvalue weighted by Gasteiger charge is -2.13. The lowest BCUT2D eigenvalue weighted by molar-refractivity contribution is -0.121. The van der Waals surface area contributed by atoms with Gasteiger partial charge < -0.3 is 15.6 Å². The molecule has 0 bridgehead atoms. The van der Waals surface area contributed by atoms with E-state index >= 15 is 0 Å². The van der Waals surface area contributed by atoms with Crippen molar-refractivity contribution in [2.75, 3.05) is 13.1 Å². The Labute approximate surface area is 228 Å². The van der Waals surface area contributed by atoms with Gasteiger partial charge in [-0.15, -0.1) is 0 Å². The van der Waals surface area contributed by atoms with Crippen molar-refractivity contribution < 1.29 is 9.59 Å². The summed E-state index contributed by atoms with van der Waals surface area (Å²) in [5, 5.41) is 15.8. The number of aryl methyl sites for hydroxylation is 2. The van der Waals surface area contributed by atoms with Crippen LogP contribution >= 0.6 is 0 Å². The van der Waals surface area contributed by atoms with Crippen molar-refractivity contribution in [3.8, 4) is 28.5 Å². The van der Waals surface area contributed by atoms with Crippen LogP contribution in [-0.4, -0.2) is 34.9 Å². The fraction of sp³-hybridized carbons (Fsp3) is 0.250. The molecule has 3 N–H and O–H groups in total. The zero-order valence-electron chi connectivity index (χ0n) is 22.0. The van der Waals surface area contributed by atoms with Crippen molar-refractivity contribution >= 4 is 22.8 Å². The normalized spacial score (nSPS) is 13.2. The standard InChI is InChI=1S/C32H31N5O2/c1-21-9-12-26(28(18-21)23-6-3-2-4-7-23)30-25(27-8-5-15-35-31(27)37-30)13-14-29(38)34-16-17-36-32(39)24(20-33)19-22-10-11-22/h2-9,12,15,18-19,22H,10-11,13-14,16-17H2,1H3,(H,34,38)(H,35,37)(H,36,39). The van der Waals surface area contributed by atoms with E-state index in [1.165, 1.54) is 5.56 Å². The number of carbonyl (C=O) groups excluding carboxylic acids is 2. The molecule has 1 saturated carbocycles. The summed E-state index contributed by atoms with van der Waals surface area (Å²) in [7, 11) is 0. The molecule has 2 aromatic heterocycles. The molecule has 5 rings (SSSR count). The summed E-state index contributed by atoms with van der Waals surface area (Å²) in [6.45, 7) is 2.65. The molecule has 1 fully saturated rings. The smallest absolute Gasteiger partial charge is 0.261 e. The van der Waals surface area contributed by atoms with Crippen molar-refractivity contribution in [3.63, 3.8) is 0 Å². The third kappa shape index (κ3) is 6.24. The number of hydrogen-bond acceptors (Lipinski definition) is 4. The zero-order valence-corrected chi connectivity index (χ0v) is 22.0. The van der Waals surface area contributed by atoms with Crippen LogP contribution < -0.4 is 10.6 Å². The van der Waals surface area contributed by atoms with Gasteiger partial charge in [-0.1, -0.05) is 60.2 Å². The van der Waals surface area contributed by atoms with E-state index in [4.69, 9.17) is 0 Å². The fourth-order valence-electron chi connectivity index (χ4n) is 4.76. The first-order valence-electron chi connectivity index (χ1n) is 13.3. The van der Waals surface area contributed by atoms with Crippen molar-refractivity contribution in [1.29, 1.82) is 5.26 Å². The van der Waals surface area contributed by atoms with E-state index in [0.717, 1.165) is 51.8 Å². The van der Waals surface area contributed by atoms with Crippen molar-refractivity contribution in [1.82, 2.24) is 20.6 Å². The highest BCUT2D eigenvalue weighted by molar-refractivity contribution is 5.97. The summed E-state index contributed by atoms with van der Waals surface area (Å²) in [5.74, 6) is -0.144. The van der Waals surface area contributed by atoms with Gasteiger partial charge in [0.15, 0.2) is 0 Å². The number of pyridine rings is 1. The van der Waals surface area contributed by atoms with Crippen molar-refractivity contribution in [3.05, 3.63) is 89.6 Å². The van der Waals surface area contributed by atoms with Gasteiger partial charge in [0.25, 0.3) is 5.91 Å². The van der Waals surface area contributed by atoms with Crippen molar-refractivity contribution in [2.24, 2.45) is 5.92 Å². The molecule has 1 aliphatic rings. The van der Waals surface area contributed by atoms with Gasteiger partial charge in [-0.05, 0) is 60.9 Å². The van der Waals surface area contributed by atoms with Gasteiger partial charge in [-0.2, -0.15) is 5.26 Å². The minimum Gasteiger partial charge on any atom is -0.354 e. The molecule has 2 aromatic carbocycles. The Morgan fingerprint density at radius 2 is 1.85 bits per heavy atom. The minimum absolute atomic E-state index is 0.102. The Morgan fingerprint density at radius 1 is 1.05 bits per heavy atom. The Bertz CT molecular complexity index is 1580. The lowest BCUT2D eigenvalue weighted by atomic mass is 9.93. The summed E-state index contributed by atoms with van der Waals surface area (Å²) >= 11 is 0. The van der Waals surface area contributed by atoms with E-state index in [9.17, 15) is 14.9 Å². The fourth-order valence-corrected chi connectivity index (χ4v) is 4.76. The predicted octanol–water partition coefficient (Wildman–Crippen LogP) is 5.23. The topological polar surface area (TPSA) is 111 Å². The van der Waals surface area contributed by atoms with Crippen LogP contribution in [0.3, 0.4) is 0 Å². The molecule has 0 spiro atoms. The van der Waals surface area contributed by atoms with Crippen LogP contribution in [0.15, 0.2) is 78.5 Å². The first-order valence-corrected chi connectivity index (χ1v) is 13.3. The molecule has 196 valence electrons. The van der Waals surface area contributed by atoms with E-state index in [1.54, 1.807) is 12.3 Å². The highest BCUT2D eigenvalue weighted by Crippen LogP contribution is 2.37. The number of H-pyrrole nitrogens is 1. The highest BCUT2D eigenvalue weighted by Gasteiger charge is 2.22. The number of carbonyl (C=O) groups is 2. The number of benzene rings is 2. The molecule has 39 heavy (non-hydrogen) atoms. The van der Waals surface area contributed by atoms with E-state index in [1.807, 2.05) is 36.4 Å². The van der Waals surface area contributed by atoms with Crippen LogP contribution in [-0.2, 0) is 16.0 Å². The third-order valence-electron chi connectivity index (χ3n) is 6.93. The minimum atomic E-state index is -0.387. The zero-order chi connectivity index (χ0) is 27.2. The van der Waals surface area contributed by atoms with Crippen LogP contribution in [0, 0.1) is 24.2 Å². The number of rotatable bonds is 10. The molecule has 0 saturated heterocycles. The Balaban J connectivity index is 1.29. The highest BCUT2D eigenvalue weighted by atomic mass is 16.2. The van der Waals surface area contributed by atoms with Crippen LogP contribution in [0.5, 0.6) is 0 Å². The second-order valence-corrected chi connectivity index (χ2v) is 9.93. The molecule has 2 amide bonds. The van der Waals surface area contributed by atoms with Gasteiger partial charge in [-0.3, -0.25) is 9.59 Å². The number of nitriles is 1. The van der Waals surface area contributed by atoms with E-state index < -0.39 is 0 Å². The quantitative estimate of drug-likeness (QED) is 0.152. The second kappa shape index (κ2) is 11.8. The average Bonchev–Trinajstić information content (AvgIpc) is 3.71. The molecular weight excluding hydrogens is 486 g/mol. The number of aromatic amines is 1. The Hall–Kier alpha value is -4.70. The SMILES string of the molecule is Cc1ccc(-c2[nH]c3ncccc3c2CCC(=O)NCCNC(=O)C(C#N)=CC2CC2)c(-c2ccccc2)c1. The van der Waals surface area contributed by atoms with Gasteiger partial charge in [0.1, 0.15) is 17.3 Å². The molecule has 4 aromatic rings. The maximum atomic E-state index is 12.7. The maximum Gasteiger partial charge on any atom is 0.261 e. The molecule has 0 unspecified atom stereocenters. The number of allylic oxidation sites excluding steroid dienone is 1. The molecule has 7 heteroatoms. The number of fused-ring (bicyclic) bond motifs is 1. The predicted molar refractivity (Wildman–Crippen MR) is 152 cm³/mol. The van der Waals surface area contributed by atoms with Crippen LogP contribution in [0.2, 0.25) is 0 Å². The number of hydrogen-bond donors (Lipinski definition) is 3. The molecular formula is C32H31N5O2. The molecule has 0 radical (unpaired) electrons. The number of amides is 2.